The number of hydrogen-bond donors (Lipinski definition) is 3. The minimum absolute atomic E-state index is 0.00690. The maximum atomic E-state index is 12.3. The van der Waals surface area contributed by atoms with Crippen LogP contribution in [0.25, 0.3) is 0 Å². The molecule has 2 aliphatic rings. The first-order valence-electron chi connectivity index (χ1n) is 6.81. The predicted molar refractivity (Wildman–Crippen MR) is 67.8 cm³/mol. The molecule has 3 rings (SSSR count). The maximum Gasteiger partial charge on any atom is 0.240 e. The van der Waals surface area contributed by atoms with E-state index in [0.29, 0.717) is 0 Å². The summed E-state index contributed by atoms with van der Waals surface area (Å²) >= 11 is 0. The second kappa shape index (κ2) is 4.39. The van der Waals surface area contributed by atoms with Gasteiger partial charge in [-0.3, -0.25) is 9.89 Å². The van der Waals surface area contributed by atoms with Crippen molar-refractivity contribution < 1.29 is 4.79 Å². The van der Waals surface area contributed by atoms with Gasteiger partial charge in [0.25, 0.3) is 0 Å². The molecular formula is C13H20N4O. The number of nitrogens with two attached hydrogens (primary N) is 1. The Morgan fingerprint density at radius 3 is 3.00 bits per heavy atom. The fourth-order valence-corrected chi connectivity index (χ4v) is 3.14. The monoisotopic (exact) mass is 248 g/mol. The first kappa shape index (κ1) is 11.7. The summed E-state index contributed by atoms with van der Waals surface area (Å²) in [4.78, 5) is 12.3. The second-order valence-electron chi connectivity index (χ2n) is 5.59. The van der Waals surface area contributed by atoms with E-state index in [-0.39, 0.29) is 11.9 Å². The topological polar surface area (TPSA) is 83.8 Å². The average Bonchev–Trinajstić information content (AvgIpc) is 2.98. The normalized spacial score (nSPS) is 25.7. The Bertz CT molecular complexity index is 448. The van der Waals surface area contributed by atoms with Crippen molar-refractivity contribution in [2.24, 2.45) is 5.73 Å². The third-order valence-electron chi connectivity index (χ3n) is 4.29. The highest BCUT2D eigenvalue weighted by Gasteiger charge is 2.38. The molecule has 0 bridgehead atoms. The predicted octanol–water partition coefficient (Wildman–Crippen LogP) is 1.17. The summed E-state index contributed by atoms with van der Waals surface area (Å²) < 4.78 is 0. The molecule has 5 heteroatoms. The zero-order valence-electron chi connectivity index (χ0n) is 10.5. The number of nitrogens with one attached hydrogen (secondary N) is 2. The molecule has 0 saturated heterocycles. The van der Waals surface area contributed by atoms with E-state index in [9.17, 15) is 4.79 Å². The van der Waals surface area contributed by atoms with Gasteiger partial charge in [0.1, 0.15) is 0 Å². The molecule has 1 aromatic heterocycles. The van der Waals surface area contributed by atoms with Crippen LogP contribution >= 0.6 is 0 Å². The number of aryl methyl sites for hydroxylation is 1. The summed E-state index contributed by atoms with van der Waals surface area (Å²) in [5.74, 6) is 0.00690. The molecule has 1 saturated carbocycles. The van der Waals surface area contributed by atoms with Crippen LogP contribution in [0.1, 0.15) is 55.8 Å². The quantitative estimate of drug-likeness (QED) is 0.734. The summed E-state index contributed by atoms with van der Waals surface area (Å²) in [5, 5.41) is 10.2. The lowest BCUT2D eigenvalue weighted by Gasteiger charge is -2.28. The molecule has 1 unspecified atom stereocenters. The van der Waals surface area contributed by atoms with Gasteiger partial charge >= 0.3 is 0 Å². The Labute approximate surface area is 107 Å². The molecule has 2 aliphatic carbocycles. The minimum atomic E-state index is -0.641. The minimum Gasteiger partial charge on any atom is -0.346 e. The van der Waals surface area contributed by atoms with Crippen molar-refractivity contribution in [3.05, 3.63) is 17.5 Å². The molecule has 1 heterocycles. The van der Waals surface area contributed by atoms with E-state index in [4.69, 9.17) is 5.73 Å². The highest BCUT2D eigenvalue weighted by Crippen LogP contribution is 2.31. The first-order valence-corrected chi connectivity index (χ1v) is 6.81. The number of carbonyl (C=O) groups excluding carboxylic acids is 1. The molecule has 0 aliphatic heterocycles. The molecule has 1 fully saturated rings. The van der Waals surface area contributed by atoms with Crippen LogP contribution in [0.4, 0.5) is 0 Å². The Morgan fingerprint density at radius 2 is 2.22 bits per heavy atom. The van der Waals surface area contributed by atoms with Crippen LogP contribution in [-0.4, -0.2) is 21.6 Å². The third kappa shape index (κ3) is 1.92. The van der Waals surface area contributed by atoms with Gasteiger partial charge in [-0.05, 0) is 37.7 Å². The number of nitrogens with zero attached hydrogens (tertiary/aromatic N) is 1. The van der Waals surface area contributed by atoms with Crippen LogP contribution in [0, 0.1) is 0 Å². The molecule has 4 N–H and O–H groups in total. The molecule has 0 aromatic carbocycles. The molecule has 1 amide bonds. The van der Waals surface area contributed by atoms with Crippen molar-refractivity contribution in [1.82, 2.24) is 15.5 Å². The summed E-state index contributed by atoms with van der Waals surface area (Å²) in [6.45, 7) is 0. The van der Waals surface area contributed by atoms with Crippen LogP contribution in [-0.2, 0) is 11.2 Å². The average molecular weight is 248 g/mol. The highest BCUT2D eigenvalue weighted by atomic mass is 16.2. The lowest BCUT2D eigenvalue weighted by molar-refractivity contribution is -0.127. The Morgan fingerprint density at radius 1 is 1.44 bits per heavy atom. The standard InChI is InChI=1S/C13H20N4O/c14-13(6-1-2-7-13)12(18)16-10-5-3-4-9-8-15-17-11(9)10/h8,10H,1-7,14H2,(H,15,17)(H,16,18). The van der Waals surface area contributed by atoms with Crippen LogP contribution in [0.15, 0.2) is 6.20 Å². The molecule has 98 valence electrons. The number of aromatic nitrogens is 2. The van der Waals surface area contributed by atoms with Crippen LogP contribution in [0.3, 0.4) is 0 Å². The molecular weight excluding hydrogens is 228 g/mol. The van der Waals surface area contributed by atoms with Gasteiger partial charge in [0, 0.05) is 0 Å². The molecule has 1 aromatic rings. The molecule has 0 radical (unpaired) electrons. The van der Waals surface area contributed by atoms with Gasteiger partial charge in [-0.25, -0.2) is 0 Å². The summed E-state index contributed by atoms with van der Waals surface area (Å²) in [7, 11) is 0. The van der Waals surface area contributed by atoms with Gasteiger partial charge in [0.15, 0.2) is 0 Å². The molecule has 5 nitrogen and oxygen atoms in total. The van der Waals surface area contributed by atoms with E-state index in [0.717, 1.165) is 50.6 Å². The van der Waals surface area contributed by atoms with Gasteiger partial charge in [-0.15, -0.1) is 0 Å². The number of hydrogen-bond acceptors (Lipinski definition) is 3. The van der Waals surface area contributed by atoms with Crippen molar-refractivity contribution in [3.8, 4) is 0 Å². The number of H-pyrrole nitrogens is 1. The molecule has 1 atom stereocenters. The SMILES string of the molecule is NC1(C(=O)NC2CCCc3cn[nH]c32)CCCC1. The zero-order chi connectivity index (χ0) is 12.6. The fourth-order valence-electron chi connectivity index (χ4n) is 3.14. The smallest absolute Gasteiger partial charge is 0.240 e. The Kier molecular flexibility index (Phi) is 2.86. The number of carbonyl (C=O) groups is 1. The zero-order valence-corrected chi connectivity index (χ0v) is 10.5. The lowest BCUT2D eigenvalue weighted by Crippen LogP contribution is -2.53. The molecule has 0 spiro atoms. The van der Waals surface area contributed by atoms with Gasteiger partial charge in [0.2, 0.25) is 5.91 Å². The van der Waals surface area contributed by atoms with Crippen LogP contribution < -0.4 is 11.1 Å². The van der Waals surface area contributed by atoms with Crippen molar-refractivity contribution >= 4 is 5.91 Å². The van der Waals surface area contributed by atoms with E-state index < -0.39 is 5.54 Å². The van der Waals surface area contributed by atoms with Gasteiger partial charge in [-0.2, -0.15) is 5.10 Å². The second-order valence-corrected chi connectivity index (χ2v) is 5.59. The fraction of sp³-hybridized carbons (Fsp3) is 0.692. The van der Waals surface area contributed by atoms with E-state index in [1.165, 1.54) is 5.56 Å². The third-order valence-corrected chi connectivity index (χ3v) is 4.29. The van der Waals surface area contributed by atoms with E-state index in [2.05, 4.69) is 15.5 Å². The summed E-state index contributed by atoms with van der Waals surface area (Å²) in [6, 6.07) is 0.0600. The van der Waals surface area contributed by atoms with Gasteiger partial charge < -0.3 is 11.1 Å². The van der Waals surface area contributed by atoms with Gasteiger partial charge in [-0.1, -0.05) is 12.8 Å². The Balaban J connectivity index is 1.73. The highest BCUT2D eigenvalue weighted by molar-refractivity contribution is 5.86. The van der Waals surface area contributed by atoms with Gasteiger partial charge in [0.05, 0.1) is 23.5 Å². The van der Waals surface area contributed by atoms with Crippen molar-refractivity contribution in [2.75, 3.05) is 0 Å². The number of aromatic amines is 1. The number of amides is 1. The van der Waals surface area contributed by atoms with Crippen LogP contribution in [0.5, 0.6) is 0 Å². The van der Waals surface area contributed by atoms with Crippen molar-refractivity contribution in [3.63, 3.8) is 0 Å². The first-order chi connectivity index (χ1) is 8.69. The number of fused-ring (bicyclic) bond motifs is 1. The van der Waals surface area contributed by atoms with E-state index >= 15 is 0 Å². The largest absolute Gasteiger partial charge is 0.346 e. The summed E-state index contributed by atoms with van der Waals surface area (Å²) in [5.41, 5.74) is 7.83. The van der Waals surface area contributed by atoms with Crippen LogP contribution in [0.2, 0.25) is 0 Å². The van der Waals surface area contributed by atoms with Crippen molar-refractivity contribution in [1.29, 1.82) is 0 Å². The Hall–Kier alpha value is -1.36. The van der Waals surface area contributed by atoms with E-state index in [1.807, 2.05) is 6.20 Å². The maximum absolute atomic E-state index is 12.3. The van der Waals surface area contributed by atoms with Crippen molar-refractivity contribution in [2.45, 2.75) is 56.5 Å². The lowest BCUT2D eigenvalue weighted by atomic mass is 9.91. The van der Waals surface area contributed by atoms with E-state index in [1.54, 1.807) is 0 Å². The number of rotatable bonds is 2. The molecule has 18 heavy (non-hydrogen) atoms. The summed E-state index contributed by atoms with van der Waals surface area (Å²) in [6.07, 6.45) is 8.70.